The number of hydrogen-bond donors (Lipinski definition) is 4. The van der Waals surface area contributed by atoms with Gasteiger partial charge in [0.1, 0.15) is 0 Å². The summed E-state index contributed by atoms with van der Waals surface area (Å²) in [6.45, 7) is 3.57. The summed E-state index contributed by atoms with van der Waals surface area (Å²) in [5.41, 5.74) is 1.54. The average molecular weight is 545 g/mol. The van der Waals surface area contributed by atoms with Gasteiger partial charge in [-0.1, -0.05) is 54.6 Å². The van der Waals surface area contributed by atoms with E-state index in [-0.39, 0.29) is 18.6 Å². The van der Waals surface area contributed by atoms with Crippen LogP contribution >= 0.6 is 0 Å². The van der Waals surface area contributed by atoms with Gasteiger partial charge in [0.2, 0.25) is 5.91 Å². The molecular formula is C30H36N6O4. The van der Waals surface area contributed by atoms with E-state index in [4.69, 9.17) is 5.11 Å². The fourth-order valence-corrected chi connectivity index (χ4v) is 5.41. The molecule has 1 fully saturated rings. The number of rotatable bonds is 11. The second-order valence-electron chi connectivity index (χ2n) is 10.5. The smallest absolute Gasteiger partial charge is 0.264 e. The van der Waals surface area contributed by atoms with Gasteiger partial charge in [0.15, 0.2) is 5.60 Å². The molecule has 3 atom stereocenters. The first-order valence-corrected chi connectivity index (χ1v) is 13.8. The summed E-state index contributed by atoms with van der Waals surface area (Å²) >= 11 is 0. The van der Waals surface area contributed by atoms with Crippen LogP contribution in [0.25, 0.3) is 0 Å². The van der Waals surface area contributed by atoms with Crippen molar-refractivity contribution in [3.63, 3.8) is 0 Å². The van der Waals surface area contributed by atoms with Crippen LogP contribution in [0.4, 0.5) is 11.4 Å². The molecule has 5 rings (SSSR count). The lowest BCUT2D eigenvalue weighted by atomic mass is 9.82. The quantitative estimate of drug-likeness (QED) is 0.273. The number of hydrogen-bond acceptors (Lipinski definition) is 7. The van der Waals surface area contributed by atoms with Crippen LogP contribution in [0.5, 0.6) is 0 Å². The molecule has 0 saturated carbocycles. The molecule has 4 N–H and O–H groups in total. The van der Waals surface area contributed by atoms with Gasteiger partial charge < -0.3 is 25.7 Å². The van der Waals surface area contributed by atoms with Crippen LogP contribution in [0.1, 0.15) is 43.0 Å². The van der Waals surface area contributed by atoms with Crippen LogP contribution in [-0.4, -0.2) is 56.2 Å². The number of aromatic nitrogens is 3. The number of allylic oxidation sites excluding steroid dienone is 1. The molecule has 210 valence electrons. The Morgan fingerprint density at radius 2 is 2.10 bits per heavy atom. The Kier molecular flexibility index (Phi) is 8.39. The Morgan fingerprint density at radius 1 is 1.27 bits per heavy atom. The number of carbonyl (C=O) groups is 2. The minimum Gasteiger partial charge on any atom is -0.396 e. The Morgan fingerprint density at radius 3 is 2.85 bits per heavy atom. The molecule has 0 spiro atoms. The zero-order valence-corrected chi connectivity index (χ0v) is 22.7. The van der Waals surface area contributed by atoms with Crippen molar-refractivity contribution in [2.75, 3.05) is 23.4 Å². The number of carbonyl (C=O) groups excluding carboxylic acids is 2. The number of benzene rings is 2. The largest absolute Gasteiger partial charge is 0.396 e. The Balaban J connectivity index is 1.37. The van der Waals surface area contributed by atoms with Crippen LogP contribution in [-0.2, 0) is 34.7 Å². The predicted molar refractivity (Wildman–Crippen MR) is 151 cm³/mol. The Hall–Kier alpha value is -3.86. The number of nitrogens with zero attached hydrogens (tertiary/aromatic N) is 4. The van der Waals surface area contributed by atoms with E-state index in [0.29, 0.717) is 42.9 Å². The highest BCUT2D eigenvalue weighted by atomic mass is 16.3. The molecule has 1 aromatic heterocycles. The summed E-state index contributed by atoms with van der Waals surface area (Å²) in [7, 11) is 0. The minimum absolute atomic E-state index is 0.0222. The van der Waals surface area contributed by atoms with Gasteiger partial charge in [-0.15, -0.1) is 5.10 Å². The van der Waals surface area contributed by atoms with Gasteiger partial charge in [-0.2, -0.15) is 0 Å². The van der Waals surface area contributed by atoms with E-state index in [0.717, 1.165) is 30.6 Å². The molecule has 0 unspecified atom stereocenters. The van der Waals surface area contributed by atoms with Crippen LogP contribution in [0, 0.1) is 5.92 Å². The second kappa shape index (κ2) is 12.1. The molecular weight excluding hydrogens is 508 g/mol. The molecule has 0 radical (unpaired) electrons. The fourth-order valence-electron chi connectivity index (χ4n) is 5.41. The number of fused-ring (bicyclic) bond motifs is 1. The first-order valence-electron chi connectivity index (χ1n) is 13.8. The van der Waals surface area contributed by atoms with Gasteiger partial charge in [-0.25, -0.2) is 0 Å². The third-order valence-corrected chi connectivity index (χ3v) is 7.66. The van der Waals surface area contributed by atoms with Gasteiger partial charge in [0.25, 0.3) is 5.91 Å². The van der Waals surface area contributed by atoms with Gasteiger partial charge in [0, 0.05) is 42.9 Å². The highest BCUT2D eigenvalue weighted by molar-refractivity contribution is 6.08. The summed E-state index contributed by atoms with van der Waals surface area (Å²) < 4.78 is 1.71. The maximum atomic E-state index is 13.9. The van der Waals surface area contributed by atoms with Crippen molar-refractivity contribution in [1.29, 1.82) is 0 Å². The van der Waals surface area contributed by atoms with Gasteiger partial charge in [-0.05, 0) is 49.6 Å². The fraction of sp³-hybridized carbons (Fsp3) is 0.400. The number of aryl methyl sites for hydroxylation is 1. The van der Waals surface area contributed by atoms with E-state index >= 15 is 0 Å². The van der Waals surface area contributed by atoms with Gasteiger partial charge >= 0.3 is 0 Å². The highest BCUT2D eigenvalue weighted by Gasteiger charge is 2.52. The lowest BCUT2D eigenvalue weighted by Crippen LogP contribution is -2.44. The summed E-state index contributed by atoms with van der Waals surface area (Å²) in [5.74, 6) is -1.05. The molecule has 0 bridgehead atoms. The normalized spacial score (nSPS) is 21.2. The third-order valence-electron chi connectivity index (χ3n) is 7.66. The first-order chi connectivity index (χ1) is 19.4. The second-order valence-corrected chi connectivity index (χ2v) is 10.5. The van der Waals surface area contributed by atoms with Crippen LogP contribution < -0.4 is 15.5 Å². The Bertz CT molecular complexity index is 1370. The maximum Gasteiger partial charge on any atom is 0.264 e. The first kappa shape index (κ1) is 27.7. The van der Waals surface area contributed by atoms with Crippen molar-refractivity contribution in [3.8, 4) is 0 Å². The molecule has 3 heterocycles. The van der Waals surface area contributed by atoms with E-state index in [1.54, 1.807) is 34.0 Å². The molecule has 2 aliphatic heterocycles. The topological polar surface area (TPSA) is 133 Å². The van der Waals surface area contributed by atoms with Crippen LogP contribution in [0.3, 0.4) is 0 Å². The minimum atomic E-state index is -1.80. The average Bonchev–Trinajstić information content (AvgIpc) is 3.70. The molecule has 2 amide bonds. The molecule has 10 heteroatoms. The summed E-state index contributed by atoms with van der Waals surface area (Å²) in [6.07, 6.45) is 8.41. The number of aliphatic hydroxyl groups excluding tert-OH is 1. The zero-order chi connectivity index (χ0) is 28.1. The van der Waals surface area contributed by atoms with E-state index < -0.39 is 17.4 Å². The monoisotopic (exact) mass is 544 g/mol. The lowest BCUT2D eigenvalue weighted by Gasteiger charge is -2.28. The molecule has 3 aromatic rings. The highest BCUT2D eigenvalue weighted by Crippen LogP contribution is 2.46. The summed E-state index contributed by atoms with van der Waals surface area (Å²) in [6, 6.07) is 14.7. The zero-order valence-electron chi connectivity index (χ0n) is 22.7. The van der Waals surface area contributed by atoms with Crippen molar-refractivity contribution >= 4 is 23.2 Å². The van der Waals surface area contributed by atoms with Crippen molar-refractivity contribution in [1.82, 2.24) is 20.3 Å². The SMILES string of the molecule is C[C@H](/C=C/CCn1cc(CCO)nn1)[C@@]1(O)C(=O)N(Cc2ccccc2)c2ccc(NC(=O)[C@H]3CCCN3)cc21. The van der Waals surface area contributed by atoms with Gasteiger partial charge in [0.05, 0.1) is 24.0 Å². The standard InChI is InChI=1S/C30H36N6O4/c1-21(8-5-6-16-35-20-24(14-17-37)33-34-35)30(40)25-18-23(32-28(38)26-11-7-15-31-26)12-13-27(25)36(29(30)39)19-22-9-3-2-4-10-22/h2-5,8-10,12-13,18,20-21,26,31,37,40H,6-7,11,14-17,19H2,1H3,(H,32,38)/b8-5+/t21-,26-,30+/m1/s1. The van der Waals surface area contributed by atoms with Crippen LogP contribution in [0.2, 0.25) is 0 Å². The third kappa shape index (κ3) is 5.70. The van der Waals surface area contributed by atoms with Crippen molar-refractivity contribution < 1.29 is 19.8 Å². The molecule has 2 aromatic carbocycles. The number of anilines is 2. The van der Waals surface area contributed by atoms with Crippen molar-refractivity contribution in [3.05, 3.63) is 83.7 Å². The van der Waals surface area contributed by atoms with E-state index in [1.165, 1.54) is 0 Å². The molecule has 10 nitrogen and oxygen atoms in total. The van der Waals surface area contributed by atoms with E-state index in [1.807, 2.05) is 49.4 Å². The van der Waals surface area contributed by atoms with E-state index in [9.17, 15) is 14.7 Å². The summed E-state index contributed by atoms with van der Waals surface area (Å²) in [5, 5.41) is 35.4. The maximum absolute atomic E-state index is 13.9. The molecule has 0 aliphatic carbocycles. The number of nitrogens with one attached hydrogen (secondary N) is 2. The lowest BCUT2D eigenvalue weighted by molar-refractivity contribution is -0.139. The summed E-state index contributed by atoms with van der Waals surface area (Å²) in [4.78, 5) is 28.3. The van der Waals surface area contributed by atoms with Crippen molar-refractivity contribution in [2.45, 2.75) is 57.3 Å². The van der Waals surface area contributed by atoms with Crippen molar-refractivity contribution in [2.24, 2.45) is 5.92 Å². The van der Waals surface area contributed by atoms with Crippen LogP contribution in [0.15, 0.2) is 66.9 Å². The van der Waals surface area contributed by atoms with Gasteiger partial charge in [-0.3, -0.25) is 14.3 Å². The molecule has 40 heavy (non-hydrogen) atoms. The number of aliphatic hydroxyl groups is 2. The molecule has 1 saturated heterocycles. The molecule has 2 aliphatic rings. The van der Waals surface area contributed by atoms with E-state index in [2.05, 4.69) is 20.9 Å². The predicted octanol–water partition coefficient (Wildman–Crippen LogP) is 2.52. The Labute approximate surface area is 233 Å². The number of amides is 2.